The molecule has 0 spiro atoms. The lowest BCUT2D eigenvalue weighted by molar-refractivity contribution is -0.121. The van der Waals surface area contributed by atoms with Gasteiger partial charge in [0, 0.05) is 13.0 Å². The van der Waals surface area contributed by atoms with Crippen LogP contribution < -0.4 is 14.8 Å². The molecule has 0 atom stereocenters. The van der Waals surface area contributed by atoms with Gasteiger partial charge in [-0.15, -0.1) is 0 Å². The molecule has 0 aliphatic carbocycles. The quantitative estimate of drug-likeness (QED) is 0.590. The molecule has 3 aromatic rings. The first kappa shape index (κ1) is 19.0. The third kappa shape index (κ3) is 5.86. The predicted molar refractivity (Wildman–Crippen MR) is 108 cm³/mol. The molecule has 0 unspecified atom stereocenters. The molecular weight excluding hydrogens is 358 g/mol. The van der Waals surface area contributed by atoms with E-state index in [-0.39, 0.29) is 5.91 Å². The number of nitrogens with one attached hydrogen (secondary N) is 1. The van der Waals surface area contributed by atoms with Crippen molar-refractivity contribution >= 4 is 17.2 Å². The zero-order valence-electron chi connectivity index (χ0n) is 15.3. The lowest BCUT2D eigenvalue weighted by atomic mass is 10.1. The molecular formula is C22H23NO3S. The van der Waals surface area contributed by atoms with E-state index in [1.165, 1.54) is 5.56 Å². The molecule has 0 fully saturated rings. The normalized spacial score (nSPS) is 10.4. The van der Waals surface area contributed by atoms with Crippen LogP contribution in [0.15, 0.2) is 65.4 Å². The number of hydrogen-bond donors (Lipinski definition) is 1. The second-order valence-electron chi connectivity index (χ2n) is 6.17. The summed E-state index contributed by atoms with van der Waals surface area (Å²) in [6, 6.07) is 17.8. The maximum atomic E-state index is 12.0. The molecule has 1 N–H and O–H groups in total. The standard InChI is InChI=1S/C22H23NO3S/c1-25-21-13-19(14-23-22(24)10-8-18-11-12-27-16-18)7-9-20(21)26-15-17-5-3-2-4-6-17/h2-7,9,11-13,16H,8,10,14-15H2,1H3,(H,23,24). The molecule has 2 aromatic carbocycles. The minimum absolute atomic E-state index is 0.0459. The molecule has 1 amide bonds. The van der Waals surface area contributed by atoms with Gasteiger partial charge in [-0.25, -0.2) is 0 Å². The van der Waals surface area contributed by atoms with Gasteiger partial charge in [0.05, 0.1) is 7.11 Å². The van der Waals surface area contributed by atoms with Gasteiger partial charge in [-0.1, -0.05) is 36.4 Å². The van der Waals surface area contributed by atoms with Crippen LogP contribution in [0.4, 0.5) is 0 Å². The van der Waals surface area contributed by atoms with E-state index in [1.54, 1.807) is 18.4 Å². The third-order valence-corrected chi connectivity index (χ3v) is 4.91. The van der Waals surface area contributed by atoms with E-state index in [0.29, 0.717) is 31.1 Å². The van der Waals surface area contributed by atoms with Crippen molar-refractivity contribution in [2.75, 3.05) is 7.11 Å². The second kappa shape index (κ2) is 9.78. The van der Waals surface area contributed by atoms with E-state index in [1.807, 2.05) is 53.9 Å². The predicted octanol–water partition coefficient (Wildman–Crippen LogP) is 4.58. The van der Waals surface area contributed by atoms with E-state index in [9.17, 15) is 4.79 Å². The fourth-order valence-corrected chi connectivity index (χ4v) is 3.36. The van der Waals surface area contributed by atoms with Crippen molar-refractivity contribution in [1.82, 2.24) is 5.32 Å². The molecule has 3 rings (SSSR count). The Morgan fingerprint density at radius 3 is 2.59 bits per heavy atom. The average molecular weight is 381 g/mol. The van der Waals surface area contributed by atoms with Crippen LogP contribution in [0.25, 0.3) is 0 Å². The van der Waals surface area contributed by atoms with Crippen LogP contribution in [0.3, 0.4) is 0 Å². The van der Waals surface area contributed by atoms with Crippen molar-refractivity contribution < 1.29 is 14.3 Å². The van der Waals surface area contributed by atoms with Gasteiger partial charge in [0.25, 0.3) is 0 Å². The minimum atomic E-state index is 0.0459. The molecule has 0 aliphatic heterocycles. The lowest BCUT2D eigenvalue weighted by Gasteiger charge is -2.13. The van der Waals surface area contributed by atoms with Crippen LogP contribution in [-0.2, 0) is 24.4 Å². The molecule has 5 heteroatoms. The highest BCUT2D eigenvalue weighted by molar-refractivity contribution is 7.07. The van der Waals surface area contributed by atoms with Crippen LogP contribution in [0.1, 0.15) is 23.1 Å². The first-order chi connectivity index (χ1) is 13.2. The number of carbonyl (C=O) groups excluding carboxylic acids is 1. The van der Waals surface area contributed by atoms with Crippen LogP contribution in [0, 0.1) is 0 Å². The van der Waals surface area contributed by atoms with Gasteiger partial charge in [0.15, 0.2) is 11.5 Å². The number of benzene rings is 2. The van der Waals surface area contributed by atoms with Crippen molar-refractivity contribution in [2.45, 2.75) is 26.0 Å². The molecule has 0 saturated heterocycles. The fraction of sp³-hybridized carbons (Fsp3) is 0.227. The summed E-state index contributed by atoms with van der Waals surface area (Å²) >= 11 is 1.65. The van der Waals surface area contributed by atoms with E-state index in [0.717, 1.165) is 17.5 Å². The van der Waals surface area contributed by atoms with Crippen molar-refractivity contribution in [3.8, 4) is 11.5 Å². The Kier molecular flexibility index (Phi) is 6.88. The summed E-state index contributed by atoms with van der Waals surface area (Å²) in [5.74, 6) is 1.40. The Labute approximate surface area is 163 Å². The largest absolute Gasteiger partial charge is 0.493 e. The number of thiophene rings is 1. The minimum Gasteiger partial charge on any atom is -0.493 e. The molecule has 0 aliphatic rings. The SMILES string of the molecule is COc1cc(CNC(=O)CCc2ccsc2)ccc1OCc1ccccc1. The van der Waals surface area contributed by atoms with Crippen molar-refractivity contribution in [3.63, 3.8) is 0 Å². The molecule has 140 valence electrons. The topological polar surface area (TPSA) is 47.6 Å². The van der Waals surface area contributed by atoms with Gasteiger partial charge in [-0.05, 0) is 52.1 Å². The van der Waals surface area contributed by atoms with Gasteiger partial charge in [-0.2, -0.15) is 11.3 Å². The maximum absolute atomic E-state index is 12.0. The second-order valence-corrected chi connectivity index (χ2v) is 6.95. The summed E-state index contributed by atoms with van der Waals surface area (Å²) in [6.45, 7) is 0.952. The van der Waals surface area contributed by atoms with Gasteiger partial charge in [0.2, 0.25) is 5.91 Å². The van der Waals surface area contributed by atoms with E-state index in [4.69, 9.17) is 9.47 Å². The van der Waals surface area contributed by atoms with Crippen molar-refractivity contribution in [1.29, 1.82) is 0 Å². The Hall–Kier alpha value is -2.79. The molecule has 1 aromatic heterocycles. The number of methoxy groups -OCH3 is 1. The zero-order valence-corrected chi connectivity index (χ0v) is 16.1. The highest BCUT2D eigenvalue weighted by atomic mass is 32.1. The number of ether oxygens (including phenoxy) is 2. The smallest absolute Gasteiger partial charge is 0.220 e. The van der Waals surface area contributed by atoms with Crippen LogP contribution in [0.5, 0.6) is 11.5 Å². The number of amides is 1. The Bertz CT molecular complexity index is 847. The summed E-state index contributed by atoms with van der Waals surface area (Å²) in [5, 5.41) is 7.06. The summed E-state index contributed by atoms with van der Waals surface area (Å²) in [7, 11) is 1.62. The van der Waals surface area contributed by atoms with E-state index < -0.39 is 0 Å². The van der Waals surface area contributed by atoms with Crippen molar-refractivity contribution in [3.05, 3.63) is 82.0 Å². The van der Waals surface area contributed by atoms with Crippen molar-refractivity contribution in [2.24, 2.45) is 0 Å². The first-order valence-electron chi connectivity index (χ1n) is 8.86. The molecule has 27 heavy (non-hydrogen) atoms. The van der Waals surface area contributed by atoms with Gasteiger partial charge >= 0.3 is 0 Å². The summed E-state index contributed by atoms with van der Waals surface area (Å²) in [5.41, 5.74) is 3.28. The fourth-order valence-electron chi connectivity index (χ4n) is 2.66. The molecule has 4 nitrogen and oxygen atoms in total. The van der Waals surface area contributed by atoms with Crippen LogP contribution in [0.2, 0.25) is 0 Å². The Balaban J connectivity index is 1.51. The molecule has 1 heterocycles. The number of carbonyl (C=O) groups is 1. The highest BCUT2D eigenvalue weighted by Gasteiger charge is 2.08. The number of rotatable bonds is 9. The van der Waals surface area contributed by atoms with Gasteiger partial charge in [0.1, 0.15) is 6.61 Å². The molecule has 0 saturated carbocycles. The summed E-state index contributed by atoms with van der Waals surface area (Å²) < 4.78 is 11.3. The maximum Gasteiger partial charge on any atom is 0.220 e. The third-order valence-electron chi connectivity index (χ3n) is 4.18. The number of aryl methyl sites for hydroxylation is 1. The van der Waals surface area contributed by atoms with Gasteiger partial charge < -0.3 is 14.8 Å². The lowest BCUT2D eigenvalue weighted by Crippen LogP contribution is -2.22. The monoisotopic (exact) mass is 381 g/mol. The first-order valence-corrected chi connectivity index (χ1v) is 9.80. The van der Waals surface area contributed by atoms with E-state index in [2.05, 4.69) is 16.8 Å². The van der Waals surface area contributed by atoms with E-state index >= 15 is 0 Å². The highest BCUT2D eigenvalue weighted by Crippen LogP contribution is 2.28. The average Bonchev–Trinajstić information content (AvgIpc) is 3.24. The Morgan fingerprint density at radius 1 is 1.00 bits per heavy atom. The van der Waals surface area contributed by atoms with Crippen LogP contribution in [-0.4, -0.2) is 13.0 Å². The molecule has 0 bridgehead atoms. The molecule has 0 radical (unpaired) electrons. The number of hydrogen-bond acceptors (Lipinski definition) is 4. The van der Waals surface area contributed by atoms with Crippen LogP contribution >= 0.6 is 11.3 Å². The Morgan fingerprint density at radius 2 is 1.85 bits per heavy atom. The zero-order chi connectivity index (χ0) is 18.9. The summed E-state index contributed by atoms with van der Waals surface area (Å²) in [4.78, 5) is 12.0. The summed E-state index contributed by atoms with van der Waals surface area (Å²) in [6.07, 6.45) is 1.26. The van der Waals surface area contributed by atoms with Gasteiger partial charge in [-0.3, -0.25) is 4.79 Å².